The van der Waals surface area contributed by atoms with Crippen molar-refractivity contribution in [2.45, 2.75) is 25.8 Å². The predicted molar refractivity (Wildman–Crippen MR) is 76.7 cm³/mol. The molecule has 1 unspecified atom stereocenters. The van der Waals surface area contributed by atoms with Gasteiger partial charge < -0.3 is 10.1 Å². The third kappa shape index (κ3) is 4.80. The zero-order chi connectivity index (χ0) is 11.8. The molecular weight excluding hydrogens is 313 g/mol. The molecule has 0 aliphatic carbocycles. The minimum Gasteiger partial charge on any atom is -0.385 e. The summed E-state index contributed by atoms with van der Waals surface area (Å²) >= 11 is 2.36. The minimum atomic E-state index is 0.454. The predicted octanol–water partition coefficient (Wildman–Crippen LogP) is 3.37. The quantitative estimate of drug-likeness (QED) is 0.610. The van der Waals surface area contributed by atoms with Crippen molar-refractivity contribution in [1.29, 1.82) is 0 Å². The van der Waals surface area contributed by atoms with Crippen molar-refractivity contribution in [3.63, 3.8) is 0 Å². The maximum absolute atomic E-state index is 5.10. The van der Waals surface area contributed by atoms with Gasteiger partial charge in [-0.15, -0.1) is 0 Å². The second-order valence-electron chi connectivity index (χ2n) is 3.80. The van der Waals surface area contributed by atoms with Gasteiger partial charge in [0, 0.05) is 23.3 Å². The molecule has 0 aliphatic rings. The molecule has 0 fully saturated rings. The van der Waals surface area contributed by atoms with Gasteiger partial charge in [-0.3, -0.25) is 0 Å². The van der Waals surface area contributed by atoms with Crippen LogP contribution in [0, 0.1) is 3.57 Å². The van der Waals surface area contributed by atoms with Gasteiger partial charge in [0.1, 0.15) is 0 Å². The van der Waals surface area contributed by atoms with Crippen molar-refractivity contribution in [2.24, 2.45) is 0 Å². The summed E-state index contributed by atoms with van der Waals surface area (Å²) < 4.78 is 6.40. The molecule has 0 aromatic heterocycles. The molecule has 1 atom stereocenters. The number of hydrogen-bond donors (Lipinski definition) is 1. The van der Waals surface area contributed by atoms with Gasteiger partial charge in [-0.2, -0.15) is 0 Å². The molecule has 90 valence electrons. The van der Waals surface area contributed by atoms with E-state index >= 15 is 0 Å². The van der Waals surface area contributed by atoms with E-state index in [9.17, 15) is 0 Å². The van der Waals surface area contributed by atoms with Crippen molar-refractivity contribution < 1.29 is 4.74 Å². The molecule has 0 amide bonds. The van der Waals surface area contributed by atoms with E-state index in [1.54, 1.807) is 7.11 Å². The van der Waals surface area contributed by atoms with Crippen molar-refractivity contribution in [3.8, 4) is 0 Å². The lowest BCUT2D eigenvalue weighted by molar-refractivity contribution is 0.189. The first-order valence-corrected chi connectivity index (χ1v) is 6.83. The van der Waals surface area contributed by atoms with E-state index in [1.807, 2.05) is 0 Å². The van der Waals surface area contributed by atoms with E-state index in [1.165, 1.54) is 9.13 Å². The van der Waals surface area contributed by atoms with Gasteiger partial charge in [0.15, 0.2) is 0 Å². The fourth-order valence-electron chi connectivity index (χ4n) is 1.79. The van der Waals surface area contributed by atoms with Gasteiger partial charge >= 0.3 is 0 Å². The Hall–Kier alpha value is -0.130. The van der Waals surface area contributed by atoms with E-state index in [-0.39, 0.29) is 0 Å². The molecule has 1 aromatic carbocycles. The standard InChI is InChI=1S/C13H20INO/c1-3-15-13(8-5-9-16-2)11-6-4-7-12(14)10-11/h4,6-7,10,13,15H,3,5,8-9H2,1-2H3. The van der Waals surface area contributed by atoms with Crippen LogP contribution >= 0.6 is 22.6 Å². The van der Waals surface area contributed by atoms with E-state index in [0.717, 1.165) is 26.0 Å². The van der Waals surface area contributed by atoms with Crippen molar-refractivity contribution in [3.05, 3.63) is 33.4 Å². The summed E-state index contributed by atoms with van der Waals surface area (Å²) in [5, 5.41) is 3.53. The topological polar surface area (TPSA) is 21.3 Å². The Labute approximate surface area is 112 Å². The highest BCUT2D eigenvalue weighted by Crippen LogP contribution is 2.20. The molecule has 0 radical (unpaired) electrons. The third-order valence-corrected chi connectivity index (χ3v) is 3.21. The number of rotatable bonds is 7. The molecule has 1 rings (SSSR count). The zero-order valence-corrected chi connectivity index (χ0v) is 12.2. The lowest BCUT2D eigenvalue weighted by Crippen LogP contribution is -2.21. The van der Waals surface area contributed by atoms with Crippen LogP contribution in [0.1, 0.15) is 31.4 Å². The van der Waals surface area contributed by atoms with Crippen molar-refractivity contribution in [2.75, 3.05) is 20.3 Å². The molecular formula is C13H20INO. The lowest BCUT2D eigenvalue weighted by Gasteiger charge is -2.18. The van der Waals surface area contributed by atoms with Gasteiger partial charge in [-0.25, -0.2) is 0 Å². The molecule has 1 N–H and O–H groups in total. The normalized spacial score (nSPS) is 12.7. The van der Waals surface area contributed by atoms with E-state index < -0.39 is 0 Å². The Morgan fingerprint density at radius 3 is 2.88 bits per heavy atom. The second kappa shape index (κ2) is 8.03. The third-order valence-electron chi connectivity index (χ3n) is 2.54. The van der Waals surface area contributed by atoms with Crippen LogP contribution in [0.25, 0.3) is 0 Å². The molecule has 3 heteroatoms. The van der Waals surface area contributed by atoms with Crippen LogP contribution in [0.4, 0.5) is 0 Å². The molecule has 0 spiro atoms. The summed E-state index contributed by atoms with van der Waals surface area (Å²) in [5.41, 5.74) is 1.38. The number of ether oxygens (including phenoxy) is 1. The molecule has 2 nitrogen and oxygen atoms in total. The van der Waals surface area contributed by atoms with Gasteiger partial charge in [0.25, 0.3) is 0 Å². The van der Waals surface area contributed by atoms with E-state index in [0.29, 0.717) is 6.04 Å². The summed E-state index contributed by atoms with van der Waals surface area (Å²) in [4.78, 5) is 0. The summed E-state index contributed by atoms with van der Waals surface area (Å²) in [7, 11) is 1.76. The Morgan fingerprint density at radius 2 is 2.25 bits per heavy atom. The maximum Gasteiger partial charge on any atom is 0.0462 e. The van der Waals surface area contributed by atoms with Crippen LogP contribution in [-0.2, 0) is 4.74 Å². The monoisotopic (exact) mass is 333 g/mol. The summed E-state index contributed by atoms with van der Waals surface area (Å²) in [5.74, 6) is 0. The minimum absolute atomic E-state index is 0.454. The Morgan fingerprint density at radius 1 is 1.44 bits per heavy atom. The average molecular weight is 333 g/mol. The molecule has 1 aromatic rings. The summed E-state index contributed by atoms with van der Waals surface area (Å²) in [6.07, 6.45) is 2.22. The lowest BCUT2D eigenvalue weighted by atomic mass is 10.0. The first kappa shape index (κ1) is 13.9. The van der Waals surface area contributed by atoms with Gasteiger partial charge in [0.2, 0.25) is 0 Å². The Kier molecular flexibility index (Phi) is 7.00. The van der Waals surface area contributed by atoms with Crippen LogP contribution in [0.2, 0.25) is 0 Å². The molecule has 0 bridgehead atoms. The van der Waals surface area contributed by atoms with Crippen LogP contribution in [0.15, 0.2) is 24.3 Å². The fraction of sp³-hybridized carbons (Fsp3) is 0.538. The highest BCUT2D eigenvalue weighted by Gasteiger charge is 2.09. The molecule has 0 aliphatic heterocycles. The SMILES string of the molecule is CCNC(CCCOC)c1cccc(I)c1. The van der Waals surface area contributed by atoms with Gasteiger partial charge in [-0.1, -0.05) is 19.1 Å². The van der Waals surface area contributed by atoms with Gasteiger partial charge in [0.05, 0.1) is 0 Å². The number of hydrogen-bond acceptors (Lipinski definition) is 2. The average Bonchev–Trinajstić information content (AvgIpc) is 2.28. The fourth-order valence-corrected chi connectivity index (χ4v) is 2.36. The number of halogens is 1. The van der Waals surface area contributed by atoms with E-state index in [4.69, 9.17) is 4.74 Å². The summed E-state index contributed by atoms with van der Waals surface area (Å²) in [6.45, 7) is 3.99. The zero-order valence-electron chi connectivity index (χ0n) is 10.0. The molecule has 0 saturated heterocycles. The largest absolute Gasteiger partial charge is 0.385 e. The van der Waals surface area contributed by atoms with Crippen LogP contribution in [-0.4, -0.2) is 20.3 Å². The molecule has 0 heterocycles. The second-order valence-corrected chi connectivity index (χ2v) is 5.05. The van der Waals surface area contributed by atoms with Crippen LogP contribution in [0.3, 0.4) is 0 Å². The first-order chi connectivity index (χ1) is 7.77. The van der Waals surface area contributed by atoms with Crippen LogP contribution in [0.5, 0.6) is 0 Å². The number of benzene rings is 1. The van der Waals surface area contributed by atoms with Crippen LogP contribution < -0.4 is 5.32 Å². The highest BCUT2D eigenvalue weighted by atomic mass is 127. The smallest absolute Gasteiger partial charge is 0.0462 e. The Balaban J connectivity index is 2.61. The van der Waals surface area contributed by atoms with Crippen molar-refractivity contribution in [1.82, 2.24) is 5.32 Å². The Bertz CT molecular complexity index is 304. The maximum atomic E-state index is 5.10. The first-order valence-electron chi connectivity index (χ1n) is 5.75. The summed E-state index contributed by atoms with van der Waals surface area (Å²) in [6, 6.07) is 9.15. The number of nitrogens with one attached hydrogen (secondary N) is 1. The van der Waals surface area contributed by atoms with E-state index in [2.05, 4.69) is 59.1 Å². The number of methoxy groups -OCH3 is 1. The molecule has 0 saturated carbocycles. The van der Waals surface area contributed by atoms with Crippen molar-refractivity contribution >= 4 is 22.6 Å². The van der Waals surface area contributed by atoms with Gasteiger partial charge in [-0.05, 0) is 59.7 Å². The molecule has 16 heavy (non-hydrogen) atoms. The highest BCUT2D eigenvalue weighted by molar-refractivity contribution is 14.1.